The zero-order valence-corrected chi connectivity index (χ0v) is 20.1. The summed E-state index contributed by atoms with van der Waals surface area (Å²) in [5, 5.41) is 1.82. The monoisotopic (exact) mass is 527 g/mol. The molecule has 0 N–H and O–H groups in total. The van der Waals surface area contributed by atoms with E-state index < -0.39 is 16.1 Å². The molecule has 7 nitrogen and oxygen atoms in total. The largest absolute Gasteiger partial charge is 0.289 e. The summed E-state index contributed by atoms with van der Waals surface area (Å²) in [5.41, 5.74) is 0.598. The summed E-state index contributed by atoms with van der Waals surface area (Å²) in [4.78, 5) is 29.7. The van der Waals surface area contributed by atoms with Crippen LogP contribution in [0.4, 0.5) is 5.69 Å². The molecule has 0 unspecified atom stereocenters. The van der Waals surface area contributed by atoms with E-state index in [9.17, 15) is 18.0 Å². The fraction of sp³-hybridized carbons (Fsp3) is 0.250. The van der Waals surface area contributed by atoms with Crippen molar-refractivity contribution in [2.45, 2.75) is 17.4 Å². The number of hydrogen-bond donors (Lipinski definition) is 0. The first kappa shape index (κ1) is 22.2. The van der Waals surface area contributed by atoms with E-state index in [4.69, 9.17) is 0 Å². The van der Waals surface area contributed by atoms with Crippen LogP contribution in [0.5, 0.6) is 0 Å². The standard InChI is InChI=1S/C24H22BrN3O4S/c25-19-9-3-4-11-22(19)33(31,32)27-14-12-26(13-15-27)21-16-23(29)28(24(21)30)20-10-5-7-17-6-1-2-8-18(17)20/h1-11,21H,12-16H2/t21-/m1/s1. The number of benzene rings is 3. The molecule has 3 aromatic carbocycles. The molecule has 0 aromatic heterocycles. The average molecular weight is 528 g/mol. The highest BCUT2D eigenvalue weighted by atomic mass is 79.9. The highest BCUT2D eigenvalue weighted by Crippen LogP contribution is 2.33. The molecule has 2 fully saturated rings. The van der Waals surface area contributed by atoms with Crippen LogP contribution >= 0.6 is 15.9 Å². The van der Waals surface area contributed by atoms with Crippen molar-refractivity contribution in [3.63, 3.8) is 0 Å². The SMILES string of the molecule is O=C1C[C@@H](N2CCN(S(=O)(=O)c3ccccc3Br)CC2)C(=O)N1c1cccc2ccccc12. The third-order valence-electron chi connectivity index (χ3n) is 6.30. The summed E-state index contributed by atoms with van der Waals surface area (Å²) in [5.74, 6) is -0.483. The lowest BCUT2D eigenvalue weighted by molar-refractivity contribution is -0.123. The summed E-state index contributed by atoms with van der Waals surface area (Å²) < 4.78 is 28.1. The average Bonchev–Trinajstić information content (AvgIpc) is 3.12. The maximum Gasteiger partial charge on any atom is 0.251 e. The van der Waals surface area contributed by atoms with Crippen molar-refractivity contribution in [1.29, 1.82) is 0 Å². The van der Waals surface area contributed by atoms with E-state index in [0.717, 1.165) is 10.8 Å². The fourth-order valence-corrected chi connectivity index (χ4v) is 6.99. The van der Waals surface area contributed by atoms with Gasteiger partial charge in [0.25, 0.3) is 5.91 Å². The van der Waals surface area contributed by atoms with E-state index in [1.54, 1.807) is 30.3 Å². The van der Waals surface area contributed by atoms with E-state index in [0.29, 0.717) is 23.2 Å². The van der Waals surface area contributed by atoms with Gasteiger partial charge in [-0.1, -0.05) is 48.5 Å². The number of piperazine rings is 1. The highest BCUT2D eigenvalue weighted by molar-refractivity contribution is 9.10. The normalized spacial score (nSPS) is 20.6. The van der Waals surface area contributed by atoms with Gasteiger partial charge < -0.3 is 0 Å². The Morgan fingerprint density at radius 1 is 0.818 bits per heavy atom. The third-order valence-corrected chi connectivity index (χ3v) is 9.21. The van der Waals surface area contributed by atoms with Gasteiger partial charge in [-0.25, -0.2) is 13.3 Å². The van der Waals surface area contributed by atoms with Crippen molar-refractivity contribution in [2.75, 3.05) is 31.1 Å². The van der Waals surface area contributed by atoms with Crippen molar-refractivity contribution in [3.05, 3.63) is 71.2 Å². The van der Waals surface area contributed by atoms with Crippen LogP contribution in [0, 0.1) is 0 Å². The molecule has 0 saturated carbocycles. The van der Waals surface area contributed by atoms with Crippen molar-refractivity contribution >= 4 is 54.2 Å². The molecule has 2 amide bonds. The molecule has 2 aliphatic rings. The third kappa shape index (κ3) is 3.89. The zero-order valence-electron chi connectivity index (χ0n) is 17.7. The first-order valence-corrected chi connectivity index (χ1v) is 12.9. The van der Waals surface area contributed by atoms with Crippen LogP contribution in [0.1, 0.15) is 6.42 Å². The smallest absolute Gasteiger partial charge is 0.251 e. The summed E-state index contributed by atoms with van der Waals surface area (Å²) in [6, 6.07) is 19.4. The molecule has 2 saturated heterocycles. The first-order chi connectivity index (χ1) is 15.9. The summed E-state index contributed by atoms with van der Waals surface area (Å²) in [7, 11) is -3.64. The van der Waals surface area contributed by atoms with Gasteiger partial charge in [0.1, 0.15) is 0 Å². The van der Waals surface area contributed by atoms with Gasteiger partial charge in [0.05, 0.1) is 23.0 Å². The quantitative estimate of drug-likeness (QED) is 0.486. The molecule has 2 heterocycles. The lowest BCUT2D eigenvalue weighted by atomic mass is 10.1. The van der Waals surface area contributed by atoms with Gasteiger partial charge in [-0.3, -0.25) is 14.5 Å². The van der Waals surface area contributed by atoms with Crippen LogP contribution in [0.3, 0.4) is 0 Å². The molecular weight excluding hydrogens is 506 g/mol. The van der Waals surface area contributed by atoms with Gasteiger partial charge >= 0.3 is 0 Å². The second-order valence-electron chi connectivity index (χ2n) is 8.16. The molecule has 5 rings (SSSR count). The van der Waals surface area contributed by atoms with E-state index >= 15 is 0 Å². The number of fused-ring (bicyclic) bond motifs is 1. The van der Waals surface area contributed by atoms with E-state index in [2.05, 4.69) is 15.9 Å². The Labute approximate surface area is 200 Å². The number of carbonyl (C=O) groups is 2. The van der Waals surface area contributed by atoms with Gasteiger partial charge in [0.2, 0.25) is 15.9 Å². The molecule has 0 bridgehead atoms. The number of rotatable bonds is 4. The molecule has 0 aliphatic carbocycles. The molecule has 1 atom stereocenters. The second-order valence-corrected chi connectivity index (χ2v) is 10.9. The molecule has 2 aliphatic heterocycles. The molecular formula is C24H22BrN3O4S. The Kier molecular flexibility index (Phi) is 5.82. The number of nitrogens with zero attached hydrogens (tertiary/aromatic N) is 3. The maximum absolute atomic E-state index is 13.3. The van der Waals surface area contributed by atoms with Gasteiger partial charge in [-0.2, -0.15) is 4.31 Å². The Morgan fingerprint density at radius 3 is 2.24 bits per heavy atom. The number of sulfonamides is 1. The number of carbonyl (C=O) groups excluding carboxylic acids is 2. The van der Waals surface area contributed by atoms with Crippen molar-refractivity contribution < 1.29 is 18.0 Å². The Morgan fingerprint density at radius 2 is 1.48 bits per heavy atom. The van der Waals surface area contributed by atoms with Crippen LogP contribution in [-0.4, -0.2) is 61.7 Å². The Balaban J connectivity index is 1.33. The number of anilines is 1. The van der Waals surface area contributed by atoms with Crippen molar-refractivity contribution in [3.8, 4) is 0 Å². The van der Waals surface area contributed by atoms with E-state index in [1.807, 2.05) is 41.3 Å². The second kappa shape index (κ2) is 8.64. The number of hydrogen-bond acceptors (Lipinski definition) is 5. The number of imide groups is 1. The van der Waals surface area contributed by atoms with Gasteiger partial charge in [-0.05, 0) is 39.5 Å². The zero-order chi connectivity index (χ0) is 23.2. The molecule has 0 spiro atoms. The van der Waals surface area contributed by atoms with Crippen LogP contribution in [0.2, 0.25) is 0 Å². The lowest BCUT2D eigenvalue weighted by Gasteiger charge is -2.36. The molecule has 3 aromatic rings. The first-order valence-electron chi connectivity index (χ1n) is 10.7. The predicted molar refractivity (Wildman–Crippen MR) is 129 cm³/mol. The van der Waals surface area contributed by atoms with Crippen LogP contribution in [-0.2, 0) is 19.6 Å². The van der Waals surface area contributed by atoms with Gasteiger partial charge in [0.15, 0.2) is 0 Å². The minimum atomic E-state index is -3.64. The van der Waals surface area contributed by atoms with Crippen molar-refractivity contribution in [1.82, 2.24) is 9.21 Å². The van der Waals surface area contributed by atoms with Crippen LogP contribution in [0.15, 0.2) is 76.1 Å². The van der Waals surface area contributed by atoms with Crippen LogP contribution < -0.4 is 4.90 Å². The molecule has 9 heteroatoms. The minimum Gasteiger partial charge on any atom is -0.289 e. The minimum absolute atomic E-state index is 0.0963. The maximum atomic E-state index is 13.3. The molecule has 170 valence electrons. The molecule has 0 radical (unpaired) electrons. The summed E-state index contributed by atoms with van der Waals surface area (Å²) in [6.07, 6.45) is 0.0963. The summed E-state index contributed by atoms with van der Waals surface area (Å²) in [6.45, 7) is 1.29. The lowest BCUT2D eigenvalue weighted by Crippen LogP contribution is -2.53. The van der Waals surface area contributed by atoms with Crippen molar-refractivity contribution in [2.24, 2.45) is 0 Å². The highest BCUT2D eigenvalue weighted by Gasteiger charge is 2.44. The number of halogens is 1. The topological polar surface area (TPSA) is 78.0 Å². The van der Waals surface area contributed by atoms with Crippen LogP contribution in [0.25, 0.3) is 10.8 Å². The van der Waals surface area contributed by atoms with Gasteiger partial charge in [-0.15, -0.1) is 0 Å². The van der Waals surface area contributed by atoms with Gasteiger partial charge in [0, 0.05) is 36.0 Å². The van der Waals surface area contributed by atoms with E-state index in [1.165, 1.54) is 9.21 Å². The number of amides is 2. The predicted octanol–water partition coefficient (Wildman–Crippen LogP) is 3.24. The fourth-order valence-electron chi connectivity index (χ4n) is 4.61. The summed E-state index contributed by atoms with van der Waals surface area (Å²) >= 11 is 3.32. The Hall–Kier alpha value is -2.59. The molecule has 33 heavy (non-hydrogen) atoms. The Bertz CT molecular complexity index is 1350. The van der Waals surface area contributed by atoms with E-state index in [-0.39, 0.29) is 36.2 Å².